The maximum Gasteiger partial charge on any atom is 0.245 e. The van der Waals surface area contributed by atoms with Gasteiger partial charge in [0.1, 0.15) is 16.7 Å². The fraction of sp³-hybridized carbons (Fsp3) is 0.269. The van der Waals surface area contributed by atoms with Crippen LogP contribution in [0.5, 0.6) is 5.75 Å². The van der Waals surface area contributed by atoms with Crippen LogP contribution in [-0.4, -0.2) is 27.5 Å². The van der Waals surface area contributed by atoms with Gasteiger partial charge in [-0.3, -0.25) is 4.79 Å². The molecule has 1 atom stereocenters. The summed E-state index contributed by atoms with van der Waals surface area (Å²) in [6.07, 6.45) is 0.198. The van der Waals surface area contributed by atoms with Gasteiger partial charge in [0.25, 0.3) is 0 Å². The number of amides is 1. The summed E-state index contributed by atoms with van der Waals surface area (Å²) in [6, 6.07) is 20.7. The van der Waals surface area contributed by atoms with Gasteiger partial charge >= 0.3 is 0 Å². The molecule has 0 heterocycles. The van der Waals surface area contributed by atoms with Gasteiger partial charge in [-0.2, -0.15) is 4.72 Å². The topological polar surface area (TPSA) is 84.5 Å². The lowest BCUT2D eigenvalue weighted by molar-refractivity contribution is -0.117. The van der Waals surface area contributed by atoms with Gasteiger partial charge in [-0.15, -0.1) is 0 Å². The minimum absolute atomic E-state index is 0.0117. The van der Waals surface area contributed by atoms with E-state index >= 15 is 0 Å². The molecule has 2 N–H and O–H groups in total. The Morgan fingerprint density at radius 1 is 0.970 bits per heavy atom. The van der Waals surface area contributed by atoms with E-state index in [1.165, 1.54) is 7.11 Å². The number of rotatable bonds is 9. The maximum absolute atomic E-state index is 13.4. The summed E-state index contributed by atoms with van der Waals surface area (Å²) in [5.74, 6) is -0.0777. The van der Waals surface area contributed by atoms with Gasteiger partial charge in [0.2, 0.25) is 15.9 Å². The second-order valence-corrected chi connectivity index (χ2v) is 9.97. The number of hydrogen-bond donors (Lipinski definition) is 2. The molecular formula is C26H30N2O4S. The average Bonchev–Trinajstić information content (AvgIpc) is 2.78. The number of benzene rings is 3. The summed E-state index contributed by atoms with van der Waals surface area (Å²) >= 11 is 0. The van der Waals surface area contributed by atoms with Gasteiger partial charge in [-0.25, -0.2) is 8.42 Å². The van der Waals surface area contributed by atoms with E-state index in [0.717, 1.165) is 16.7 Å². The van der Waals surface area contributed by atoms with Crippen LogP contribution in [0.4, 0.5) is 5.69 Å². The number of aryl methyl sites for hydroxylation is 1. The van der Waals surface area contributed by atoms with Crippen LogP contribution in [0.1, 0.15) is 36.5 Å². The fourth-order valence-corrected chi connectivity index (χ4v) is 4.90. The highest BCUT2D eigenvalue weighted by Crippen LogP contribution is 2.28. The Labute approximate surface area is 196 Å². The van der Waals surface area contributed by atoms with Gasteiger partial charge in [0.05, 0.1) is 7.11 Å². The van der Waals surface area contributed by atoms with Crippen molar-refractivity contribution in [2.75, 3.05) is 12.4 Å². The molecule has 0 aliphatic carbocycles. The first-order valence-electron chi connectivity index (χ1n) is 10.8. The maximum atomic E-state index is 13.4. The van der Waals surface area contributed by atoms with Crippen molar-refractivity contribution >= 4 is 21.6 Å². The van der Waals surface area contributed by atoms with Crippen molar-refractivity contribution in [1.82, 2.24) is 4.72 Å². The summed E-state index contributed by atoms with van der Waals surface area (Å²) in [5, 5.41) is 2.84. The molecule has 0 radical (unpaired) electrons. The van der Waals surface area contributed by atoms with Crippen LogP contribution in [0.15, 0.2) is 77.7 Å². The van der Waals surface area contributed by atoms with Gasteiger partial charge in [0, 0.05) is 5.69 Å². The van der Waals surface area contributed by atoms with Crippen LogP contribution in [0.2, 0.25) is 0 Å². The zero-order valence-electron chi connectivity index (χ0n) is 19.3. The smallest absolute Gasteiger partial charge is 0.245 e. The third-order valence-corrected chi connectivity index (χ3v) is 6.82. The van der Waals surface area contributed by atoms with Crippen LogP contribution >= 0.6 is 0 Å². The van der Waals surface area contributed by atoms with E-state index < -0.39 is 22.0 Å². The van der Waals surface area contributed by atoms with Crippen molar-refractivity contribution in [3.63, 3.8) is 0 Å². The zero-order valence-corrected chi connectivity index (χ0v) is 20.1. The molecule has 0 saturated heterocycles. The van der Waals surface area contributed by atoms with Crippen LogP contribution in [0, 0.1) is 6.92 Å². The van der Waals surface area contributed by atoms with E-state index in [9.17, 15) is 13.2 Å². The van der Waals surface area contributed by atoms with Crippen molar-refractivity contribution in [3.05, 3.63) is 89.5 Å². The Kier molecular flexibility index (Phi) is 7.89. The van der Waals surface area contributed by atoms with Gasteiger partial charge in [-0.05, 0) is 60.2 Å². The number of carbonyl (C=O) groups is 1. The third kappa shape index (κ3) is 6.43. The van der Waals surface area contributed by atoms with Crippen LogP contribution in [0.3, 0.4) is 0 Å². The number of anilines is 1. The normalized spacial score (nSPS) is 12.4. The molecule has 3 aromatic rings. The molecule has 0 spiro atoms. The molecule has 7 heteroatoms. The number of sulfonamides is 1. The highest BCUT2D eigenvalue weighted by Gasteiger charge is 2.29. The Balaban J connectivity index is 1.95. The molecule has 3 aromatic carbocycles. The number of methoxy groups -OCH3 is 1. The Bertz CT molecular complexity index is 1210. The molecule has 0 aliphatic rings. The molecule has 0 bridgehead atoms. The van der Waals surface area contributed by atoms with E-state index in [4.69, 9.17) is 4.74 Å². The summed E-state index contributed by atoms with van der Waals surface area (Å²) in [4.78, 5) is 13.2. The first-order valence-corrected chi connectivity index (χ1v) is 12.3. The van der Waals surface area contributed by atoms with Crippen LogP contribution < -0.4 is 14.8 Å². The first kappa shape index (κ1) is 24.5. The number of ether oxygens (including phenoxy) is 1. The van der Waals surface area contributed by atoms with Crippen LogP contribution in [0.25, 0.3) is 0 Å². The van der Waals surface area contributed by atoms with Gasteiger partial charge in [0.15, 0.2) is 0 Å². The van der Waals surface area contributed by atoms with E-state index in [1.807, 2.05) is 75.4 Å². The minimum Gasteiger partial charge on any atom is -0.495 e. The molecule has 0 aliphatic heterocycles. The zero-order chi connectivity index (χ0) is 24.0. The van der Waals surface area contributed by atoms with Crippen molar-refractivity contribution in [2.45, 2.75) is 44.0 Å². The second kappa shape index (κ2) is 10.6. The first-order chi connectivity index (χ1) is 15.7. The number of nitrogens with one attached hydrogen (secondary N) is 2. The summed E-state index contributed by atoms with van der Waals surface area (Å²) < 4.78 is 34.8. The predicted molar refractivity (Wildman–Crippen MR) is 131 cm³/mol. The molecule has 174 valence electrons. The summed E-state index contributed by atoms with van der Waals surface area (Å²) in [6.45, 7) is 5.89. The molecule has 33 heavy (non-hydrogen) atoms. The largest absolute Gasteiger partial charge is 0.495 e. The van der Waals surface area contributed by atoms with E-state index in [-0.39, 0.29) is 23.0 Å². The molecule has 1 amide bonds. The molecule has 0 saturated carbocycles. The van der Waals surface area contributed by atoms with E-state index in [0.29, 0.717) is 5.69 Å². The Hall–Kier alpha value is -3.16. The lowest BCUT2D eigenvalue weighted by Crippen LogP contribution is -2.45. The van der Waals surface area contributed by atoms with Crippen molar-refractivity contribution in [2.24, 2.45) is 0 Å². The molecule has 0 aromatic heterocycles. The van der Waals surface area contributed by atoms with Gasteiger partial charge in [-0.1, -0.05) is 62.4 Å². The fourth-order valence-electron chi connectivity index (χ4n) is 3.50. The lowest BCUT2D eigenvalue weighted by atomic mass is 10.0. The third-order valence-electron chi connectivity index (χ3n) is 5.33. The van der Waals surface area contributed by atoms with Crippen molar-refractivity contribution < 1.29 is 17.9 Å². The van der Waals surface area contributed by atoms with Crippen molar-refractivity contribution in [1.29, 1.82) is 0 Å². The van der Waals surface area contributed by atoms with Crippen LogP contribution in [-0.2, 0) is 21.2 Å². The molecule has 0 fully saturated rings. The van der Waals surface area contributed by atoms with E-state index in [2.05, 4.69) is 10.0 Å². The Morgan fingerprint density at radius 3 is 2.33 bits per heavy atom. The minimum atomic E-state index is -4.06. The predicted octanol–water partition coefficient (Wildman–Crippen LogP) is 4.66. The SMILES string of the molecule is COc1ccc(C(C)C)cc1S(=O)(=O)NC(Cc1ccccc1)C(=O)Nc1cccc(C)c1. The average molecular weight is 467 g/mol. The van der Waals surface area contributed by atoms with Crippen molar-refractivity contribution in [3.8, 4) is 5.75 Å². The van der Waals surface area contributed by atoms with Gasteiger partial charge < -0.3 is 10.1 Å². The standard InChI is InChI=1S/C26H30N2O4S/c1-18(2)21-13-14-24(32-4)25(17-21)33(30,31)28-23(16-20-10-6-5-7-11-20)26(29)27-22-12-8-9-19(3)15-22/h5-15,17-18,23,28H,16H2,1-4H3,(H,27,29). The number of carbonyl (C=O) groups excluding carboxylic acids is 1. The summed E-state index contributed by atoms with van der Waals surface area (Å²) in [5.41, 5.74) is 3.30. The second-order valence-electron chi connectivity index (χ2n) is 8.29. The number of hydrogen-bond acceptors (Lipinski definition) is 4. The quantitative estimate of drug-likeness (QED) is 0.481. The highest BCUT2D eigenvalue weighted by atomic mass is 32.2. The molecule has 1 unspecified atom stereocenters. The summed E-state index contributed by atoms with van der Waals surface area (Å²) in [7, 11) is -2.63. The van der Waals surface area contributed by atoms with E-state index in [1.54, 1.807) is 18.2 Å². The highest BCUT2D eigenvalue weighted by molar-refractivity contribution is 7.89. The Morgan fingerprint density at radius 2 is 1.70 bits per heavy atom. The molecular weight excluding hydrogens is 436 g/mol. The molecule has 6 nitrogen and oxygen atoms in total. The monoisotopic (exact) mass is 466 g/mol. The lowest BCUT2D eigenvalue weighted by Gasteiger charge is -2.20. The molecule has 3 rings (SSSR count).